The molecule has 0 unspecified atom stereocenters. The van der Waals surface area contributed by atoms with E-state index in [1.165, 1.54) is 6.20 Å². The lowest BCUT2D eigenvalue weighted by Gasteiger charge is -2.05. The molecule has 0 fully saturated rings. The molecule has 8 nitrogen and oxygen atoms in total. The van der Waals surface area contributed by atoms with Crippen molar-refractivity contribution in [3.63, 3.8) is 0 Å². The minimum absolute atomic E-state index is 0.317. The number of nitro groups is 1. The zero-order valence-corrected chi connectivity index (χ0v) is 11.0. The van der Waals surface area contributed by atoms with E-state index in [9.17, 15) is 19.3 Å². The van der Waals surface area contributed by atoms with Crippen LogP contribution in [-0.2, 0) is 6.54 Å². The number of aryl methyl sites for hydroxylation is 1. The molecule has 0 bridgehead atoms. The molecule has 3 N–H and O–H groups in total. The van der Waals surface area contributed by atoms with Crippen LogP contribution in [0.3, 0.4) is 0 Å². The Morgan fingerprint density at radius 1 is 1.57 bits per heavy atom. The fourth-order valence-electron chi connectivity index (χ4n) is 1.71. The molecule has 1 heterocycles. The van der Waals surface area contributed by atoms with Crippen LogP contribution in [0, 0.1) is 15.9 Å². The number of aromatic nitrogens is 2. The van der Waals surface area contributed by atoms with Gasteiger partial charge in [0.1, 0.15) is 5.56 Å². The maximum absolute atomic E-state index is 13.3. The number of amides is 1. The first-order chi connectivity index (χ1) is 9.92. The maximum Gasteiger partial charge on any atom is 0.285 e. The number of rotatable bonds is 4. The van der Waals surface area contributed by atoms with Gasteiger partial charge in [-0.25, -0.2) is 4.39 Å². The highest BCUT2D eigenvalue weighted by molar-refractivity contribution is 6.07. The summed E-state index contributed by atoms with van der Waals surface area (Å²) in [7, 11) is 0. The van der Waals surface area contributed by atoms with Crippen molar-refractivity contribution < 1.29 is 14.1 Å². The molecule has 0 aliphatic carbocycles. The second-order valence-electron chi connectivity index (χ2n) is 4.19. The van der Waals surface area contributed by atoms with Crippen molar-refractivity contribution >= 4 is 23.0 Å². The Labute approximate surface area is 118 Å². The third-order valence-corrected chi connectivity index (χ3v) is 2.77. The fraction of sp³-hybridized carbons (Fsp3) is 0.167. The quantitative estimate of drug-likeness (QED) is 0.506. The smallest absolute Gasteiger partial charge is 0.285 e. The van der Waals surface area contributed by atoms with Crippen LogP contribution in [-0.4, -0.2) is 20.6 Å². The molecular formula is C12H12FN5O3. The van der Waals surface area contributed by atoms with E-state index in [1.807, 2.05) is 6.92 Å². The summed E-state index contributed by atoms with van der Waals surface area (Å²) in [4.78, 5) is 22.1. The molecule has 0 aliphatic heterocycles. The standard InChI is InChI=1S/C12H12FN5O3/c1-2-17-6-7(5-15-17)16-12(19)8-3-10(14)9(13)4-11(8)18(20)21/h3-6H,2,14H2,1H3,(H,16,19). The van der Waals surface area contributed by atoms with Crippen molar-refractivity contribution in [1.82, 2.24) is 9.78 Å². The van der Waals surface area contributed by atoms with E-state index in [0.717, 1.165) is 6.07 Å². The molecule has 0 atom stereocenters. The van der Waals surface area contributed by atoms with Crippen LogP contribution >= 0.6 is 0 Å². The molecule has 110 valence electrons. The summed E-state index contributed by atoms with van der Waals surface area (Å²) >= 11 is 0. The van der Waals surface area contributed by atoms with Gasteiger partial charge in [-0.15, -0.1) is 0 Å². The van der Waals surface area contributed by atoms with Crippen LogP contribution in [0.2, 0.25) is 0 Å². The number of nitrogens with one attached hydrogen (secondary N) is 1. The number of benzene rings is 1. The van der Waals surface area contributed by atoms with Crippen LogP contribution in [0.25, 0.3) is 0 Å². The Balaban J connectivity index is 2.34. The summed E-state index contributed by atoms with van der Waals surface area (Å²) in [5.74, 6) is -1.71. The lowest BCUT2D eigenvalue weighted by molar-refractivity contribution is -0.385. The highest BCUT2D eigenvalue weighted by Crippen LogP contribution is 2.25. The second kappa shape index (κ2) is 5.57. The number of nitrogens with two attached hydrogens (primary N) is 1. The minimum atomic E-state index is -0.947. The van der Waals surface area contributed by atoms with E-state index in [-0.39, 0.29) is 11.3 Å². The fourth-order valence-corrected chi connectivity index (χ4v) is 1.71. The summed E-state index contributed by atoms with van der Waals surface area (Å²) in [5.41, 5.74) is 4.42. The number of nitrogen functional groups attached to an aromatic ring is 1. The van der Waals surface area contributed by atoms with E-state index >= 15 is 0 Å². The van der Waals surface area contributed by atoms with E-state index in [2.05, 4.69) is 10.4 Å². The van der Waals surface area contributed by atoms with Crippen LogP contribution < -0.4 is 11.1 Å². The first-order valence-corrected chi connectivity index (χ1v) is 5.99. The number of nitro benzene ring substituents is 1. The average molecular weight is 293 g/mol. The highest BCUT2D eigenvalue weighted by atomic mass is 19.1. The number of hydrogen-bond acceptors (Lipinski definition) is 5. The van der Waals surface area contributed by atoms with E-state index in [4.69, 9.17) is 5.73 Å². The molecule has 0 saturated heterocycles. The van der Waals surface area contributed by atoms with Gasteiger partial charge in [-0.3, -0.25) is 19.6 Å². The zero-order chi connectivity index (χ0) is 15.6. The summed E-state index contributed by atoms with van der Waals surface area (Å²) in [6.45, 7) is 2.48. The number of carbonyl (C=O) groups excluding carboxylic acids is 1. The van der Waals surface area contributed by atoms with Gasteiger partial charge in [0.05, 0.1) is 28.6 Å². The lowest BCUT2D eigenvalue weighted by atomic mass is 10.1. The van der Waals surface area contributed by atoms with Crippen molar-refractivity contribution in [2.45, 2.75) is 13.5 Å². The molecule has 1 aromatic carbocycles. The minimum Gasteiger partial charge on any atom is -0.396 e. The Hall–Kier alpha value is -2.97. The Bertz CT molecular complexity index is 713. The number of carbonyl (C=O) groups is 1. The Morgan fingerprint density at radius 2 is 2.29 bits per heavy atom. The van der Waals surface area contributed by atoms with Gasteiger partial charge >= 0.3 is 0 Å². The van der Waals surface area contributed by atoms with Crippen LogP contribution in [0.5, 0.6) is 0 Å². The SMILES string of the molecule is CCn1cc(NC(=O)c2cc(N)c(F)cc2[N+](=O)[O-])cn1. The number of halogens is 1. The maximum atomic E-state index is 13.3. The third-order valence-electron chi connectivity index (χ3n) is 2.77. The molecule has 2 aromatic rings. The molecule has 0 saturated carbocycles. The monoisotopic (exact) mass is 293 g/mol. The second-order valence-corrected chi connectivity index (χ2v) is 4.19. The predicted octanol–water partition coefficient (Wildman–Crippen LogP) is 1.78. The number of anilines is 2. The molecule has 0 aliphatic rings. The Morgan fingerprint density at radius 3 is 2.86 bits per heavy atom. The molecule has 0 spiro atoms. The van der Waals surface area contributed by atoms with Gasteiger partial charge < -0.3 is 11.1 Å². The summed E-state index contributed by atoms with van der Waals surface area (Å²) in [6.07, 6.45) is 2.97. The van der Waals surface area contributed by atoms with E-state index < -0.39 is 22.3 Å². The van der Waals surface area contributed by atoms with Crippen LogP contribution in [0.1, 0.15) is 17.3 Å². The number of hydrogen-bond donors (Lipinski definition) is 2. The molecule has 21 heavy (non-hydrogen) atoms. The molecule has 2 rings (SSSR count). The van der Waals surface area contributed by atoms with Gasteiger partial charge in [-0.1, -0.05) is 0 Å². The molecule has 1 amide bonds. The lowest BCUT2D eigenvalue weighted by Crippen LogP contribution is -2.14. The summed E-state index contributed by atoms with van der Waals surface area (Å²) in [6, 6.07) is 1.56. The zero-order valence-electron chi connectivity index (χ0n) is 11.0. The van der Waals surface area contributed by atoms with Gasteiger partial charge in [-0.05, 0) is 13.0 Å². The number of nitrogens with zero attached hydrogens (tertiary/aromatic N) is 3. The summed E-state index contributed by atoms with van der Waals surface area (Å²) < 4.78 is 14.9. The predicted molar refractivity (Wildman–Crippen MR) is 73.3 cm³/mol. The van der Waals surface area contributed by atoms with Crippen molar-refractivity contribution in [3.8, 4) is 0 Å². The first-order valence-electron chi connectivity index (χ1n) is 5.99. The molecule has 1 aromatic heterocycles. The van der Waals surface area contributed by atoms with Gasteiger partial charge in [0, 0.05) is 12.7 Å². The van der Waals surface area contributed by atoms with Crippen molar-refractivity contribution in [1.29, 1.82) is 0 Å². The van der Waals surface area contributed by atoms with Crippen molar-refractivity contribution in [3.05, 3.63) is 46.0 Å². The topological polar surface area (TPSA) is 116 Å². The summed E-state index contributed by atoms with van der Waals surface area (Å²) in [5, 5.41) is 17.3. The van der Waals surface area contributed by atoms with Gasteiger partial charge in [0.15, 0.2) is 5.82 Å². The van der Waals surface area contributed by atoms with Crippen molar-refractivity contribution in [2.75, 3.05) is 11.1 Å². The van der Waals surface area contributed by atoms with Gasteiger partial charge in [-0.2, -0.15) is 5.10 Å². The largest absolute Gasteiger partial charge is 0.396 e. The average Bonchev–Trinajstić information content (AvgIpc) is 2.88. The van der Waals surface area contributed by atoms with Gasteiger partial charge in [0.2, 0.25) is 0 Å². The van der Waals surface area contributed by atoms with Crippen LogP contribution in [0.4, 0.5) is 21.5 Å². The Kier molecular flexibility index (Phi) is 3.83. The highest BCUT2D eigenvalue weighted by Gasteiger charge is 2.23. The van der Waals surface area contributed by atoms with E-state index in [1.54, 1.807) is 10.9 Å². The first kappa shape index (κ1) is 14.4. The molecule has 0 radical (unpaired) electrons. The molecular weight excluding hydrogens is 281 g/mol. The van der Waals surface area contributed by atoms with Crippen LogP contribution in [0.15, 0.2) is 24.5 Å². The molecule has 9 heteroatoms. The van der Waals surface area contributed by atoms with Gasteiger partial charge in [0.25, 0.3) is 11.6 Å². The third kappa shape index (κ3) is 2.96. The van der Waals surface area contributed by atoms with Crippen molar-refractivity contribution in [2.24, 2.45) is 0 Å². The normalized spacial score (nSPS) is 10.4. The van der Waals surface area contributed by atoms with E-state index in [0.29, 0.717) is 18.3 Å².